The van der Waals surface area contributed by atoms with Crippen molar-refractivity contribution in [3.8, 4) is 0 Å². The van der Waals surface area contributed by atoms with E-state index < -0.39 is 46.2 Å². The van der Waals surface area contributed by atoms with Gasteiger partial charge in [-0.1, -0.05) is 19.3 Å². The van der Waals surface area contributed by atoms with Crippen LogP contribution < -0.4 is 16.0 Å². The van der Waals surface area contributed by atoms with Crippen molar-refractivity contribution in [1.82, 2.24) is 15.5 Å². The van der Waals surface area contributed by atoms with Crippen molar-refractivity contribution >= 4 is 51.7 Å². The molecule has 1 saturated carbocycles. The van der Waals surface area contributed by atoms with Crippen LogP contribution in [0.4, 0.5) is 24.5 Å². The number of anilines is 2. The van der Waals surface area contributed by atoms with Gasteiger partial charge in [0.15, 0.2) is 17.2 Å². The molecule has 0 spiro atoms. The first-order chi connectivity index (χ1) is 19.3. The van der Waals surface area contributed by atoms with Crippen LogP contribution in [0.3, 0.4) is 0 Å². The molecule has 1 aliphatic carbocycles. The van der Waals surface area contributed by atoms with E-state index in [2.05, 4.69) is 16.0 Å². The van der Waals surface area contributed by atoms with E-state index in [-0.39, 0.29) is 42.8 Å². The Labute approximate surface area is 250 Å². The van der Waals surface area contributed by atoms with Gasteiger partial charge < -0.3 is 20.3 Å². The maximum absolute atomic E-state index is 14.9. The molecule has 0 bridgehead atoms. The quantitative estimate of drug-likeness (QED) is 0.253. The van der Waals surface area contributed by atoms with E-state index in [0.29, 0.717) is 3.57 Å². The summed E-state index contributed by atoms with van der Waals surface area (Å²) in [5.74, 6) is -4.62. The maximum Gasteiger partial charge on any atom is 0.303 e. The number of benzene rings is 2. The minimum absolute atomic E-state index is 0.0466. The molecule has 2 aromatic rings. The zero-order chi connectivity index (χ0) is 29.9. The molecule has 0 aromatic heterocycles. The number of esters is 1. The van der Waals surface area contributed by atoms with Crippen molar-refractivity contribution in [2.75, 3.05) is 25.0 Å². The molecule has 3 N–H and O–H groups in total. The number of ether oxygens (including phenoxy) is 1. The topological polar surface area (TPSA) is 99.8 Å². The number of hydrogen-bond acceptors (Lipinski definition) is 6. The number of amides is 2. The molecular weight excluding hydrogens is 652 g/mol. The Balaban J connectivity index is 1.47. The van der Waals surface area contributed by atoms with E-state index in [4.69, 9.17) is 4.74 Å². The summed E-state index contributed by atoms with van der Waals surface area (Å²) >= 11 is 1.92. The summed E-state index contributed by atoms with van der Waals surface area (Å²) in [5, 5.41) is 8.79. The molecule has 0 atom stereocenters. The SMILES string of the molecule is CC(=O)OC1(CNC(C)(C)C(=O)NC2CCCCC2)CN(C(=O)c2ccc(F)c(F)c2Nc2ccc(I)cc2F)C1. The van der Waals surface area contributed by atoms with Crippen molar-refractivity contribution < 1.29 is 32.3 Å². The summed E-state index contributed by atoms with van der Waals surface area (Å²) in [6.45, 7) is 4.71. The molecule has 8 nitrogen and oxygen atoms in total. The van der Waals surface area contributed by atoms with Crippen LogP contribution in [0.5, 0.6) is 0 Å². The highest BCUT2D eigenvalue weighted by atomic mass is 127. The lowest BCUT2D eigenvalue weighted by Gasteiger charge is -2.50. The Morgan fingerprint density at radius 3 is 2.37 bits per heavy atom. The summed E-state index contributed by atoms with van der Waals surface area (Å²) in [4.78, 5) is 39.7. The standard InChI is InChI=1S/C29H34F3IN4O4/c1-17(38)41-29(14-34-28(2,3)27(40)35-19-7-5-4-6-8-19)15-37(16-29)26(39)20-10-11-21(30)24(32)25(20)36-23-12-9-18(33)13-22(23)31/h9-13,19,34,36H,4-8,14-16H2,1-3H3,(H,35,40). The Morgan fingerprint density at radius 2 is 1.73 bits per heavy atom. The molecule has 2 aromatic carbocycles. The average molecular weight is 687 g/mol. The van der Waals surface area contributed by atoms with Gasteiger partial charge in [-0.25, -0.2) is 13.2 Å². The van der Waals surface area contributed by atoms with Gasteiger partial charge in [0.25, 0.3) is 5.91 Å². The smallest absolute Gasteiger partial charge is 0.303 e. The Morgan fingerprint density at radius 1 is 1.05 bits per heavy atom. The third kappa shape index (κ3) is 7.32. The first kappa shape index (κ1) is 31.1. The minimum Gasteiger partial charge on any atom is -0.454 e. The number of hydrogen-bond donors (Lipinski definition) is 3. The lowest BCUT2D eigenvalue weighted by molar-refractivity contribution is -0.173. The second kappa shape index (κ2) is 12.6. The number of rotatable bonds is 9. The molecule has 4 rings (SSSR count). The van der Waals surface area contributed by atoms with Gasteiger partial charge in [-0.2, -0.15) is 0 Å². The first-order valence-corrected chi connectivity index (χ1v) is 14.6. The fraction of sp³-hybridized carbons (Fsp3) is 0.483. The first-order valence-electron chi connectivity index (χ1n) is 13.6. The third-order valence-electron chi connectivity index (χ3n) is 7.48. The average Bonchev–Trinajstić information content (AvgIpc) is 2.89. The highest BCUT2D eigenvalue weighted by molar-refractivity contribution is 14.1. The van der Waals surface area contributed by atoms with E-state index in [9.17, 15) is 27.6 Å². The second-order valence-corrected chi connectivity index (χ2v) is 12.5. The summed E-state index contributed by atoms with van der Waals surface area (Å²) < 4.78 is 49.7. The third-order valence-corrected chi connectivity index (χ3v) is 8.15. The van der Waals surface area contributed by atoms with Crippen molar-refractivity contribution in [3.05, 3.63) is 56.9 Å². The van der Waals surface area contributed by atoms with Crippen LogP contribution in [0.2, 0.25) is 0 Å². The Kier molecular flexibility index (Phi) is 9.52. The molecule has 1 heterocycles. The molecule has 222 valence electrons. The van der Waals surface area contributed by atoms with Crippen molar-refractivity contribution in [2.45, 2.75) is 70.1 Å². The van der Waals surface area contributed by atoms with Crippen molar-refractivity contribution in [1.29, 1.82) is 0 Å². The van der Waals surface area contributed by atoms with Crippen LogP contribution in [-0.4, -0.2) is 59.5 Å². The summed E-state index contributed by atoms with van der Waals surface area (Å²) in [7, 11) is 0. The Bertz CT molecular complexity index is 1330. The molecule has 1 saturated heterocycles. The van der Waals surface area contributed by atoms with Gasteiger partial charge in [-0.3, -0.25) is 19.7 Å². The van der Waals surface area contributed by atoms with Gasteiger partial charge in [-0.05, 0) is 79.6 Å². The molecule has 41 heavy (non-hydrogen) atoms. The summed E-state index contributed by atoms with van der Waals surface area (Å²) in [6, 6.07) is 6.24. The van der Waals surface area contributed by atoms with E-state index in [0.717, 1.165) is 37.8 Å². The van der Waals surface area contributed by atoms with Crippen LogP contribution in [0.15, 0.2) is 30.3 Å². The predicted octanol–water partition coefficient (Wildman–Crippen LogP) is 5.03. The largest absolute Gasteiger partial charge is 0.454 e. The molecule has 2 fully saturated rings. The molecule has 2 amide bonds. The molecule has 12 heteroatoms. The normalized spacial score (nSPS) is 17.0. The number of halogens is 4. The van der Waals surface area contributed by atoms with Crippen LogP contribution in [0.1, 0.15) is 63.2 Å². The highest BCUT2D eigenvalue weighted by Gasteiger charge is 2.50. The number of likely N-dealkylation sites (tertiary alicyclic amines) is 1. The van der Waals surface area contributed by atoms with Gasteiger partial charge in [0.05, 0.1) is 35.6 Å². The van der Waals surface area contributed by atoms with E-state index in [1.807, 2.05) is 22.6 Å². The van der Waals surface area contributed by atoms with Gasteiger partial charge in [-0.15, -0.1) is 0 Å². The van der Waals surface area contributed by atoms with Gasteiger partial charge in [0, 0.05) is 23.1 Å². The van der Waals surface area contributed by atoms with Gasteiger partial charge in [0.1, 0.15) is 5.82 Å². The summed E-state index contributed by atoms with van der Waals surface area (Å²) in [5.41, 5.74) is -2.95. The number of nitrogens with zero attached hydrogens (tertiary/aromatic N) is 1. The molecule has 2 aliphatic rings. The zero-order valence-corrected chi connectivity index (χ0v) is 25.4. The second-order valence-electron chi connectivity index (χ2n) is 11.3. The lowest BCUT2D eigenvalue weighted by Crippen LogP contribution is -2.71. The molecule has 1 aliphatic heterocycles. The monoisotopic (exact) mass is 686 g/mol. The predicted molar refractivity (Wildman–Crippen MR) is 156 cm³/mol. The molecular formula is C29H34F3IN4O4. The van der Waals surface area contributed by atoms with E-state index in [1.165, 1.54) is 30.4 Å². The summed E-state index contributed by atoms with van der Waals surface area (Å²) in [6.07, 6.45) is 5.19. The molecule has 0 unspecified atom stereocenters. The van der Waals surface area contributed by atoms with Gasteiger partial charge in [0.2, 0.25) is 5.91 Å². The lowest BCUT2D eigenvalue weighted by atomic mass is 9.90. The number of carbonyl (C=O) groups excluding carboxylic acids is 3. The fourth-order valence-electron chi connectivity index (χ4n) is 5.13. The van der Waals surface area contributed by atoms with Crippen molar-refractivity contribution in [3.63, 3.8) is 0 Å². The Hall–Kier alpha value is -2.87. The fourth-order valence-corrected chi connectivity index (χ4v) is 5.59. The number of nitrogens with one attached hydrogen (secondary N) is 3. The number of carbonyl (C=O) groups is 3. The maximum atomic E-state index is 14.9. The van der Waals surface area contributed by atoms with Crippen LogP contribution >= 0.6 is 22.6 Å². The van der Waals surface area contributed by atoms with Gasteiger partial charge >= 0.3 is 5.97 Å². The van der Waals surface area contributed by atoms with E-state index >= 15 is 0 Å². The van der Waals surface area contributed by atoms with Crippen molar-refractivity contribution in [2.24, 2.45) is 0 Å². The zero-order valence-electron chi connectivity index (χ0n) is 23.2. The highest BCUT2D eigenvalue weighted by Crippen LogP contribution is 2.33. The van der Waals surface area contributed by atoms with Crippen LogP contribution in [0, 0.1) is 21.0 Å². The van der Waals surface area contributed by atoms with Crippen LogP contribution in [0.25, 0.3) is 0 Å². The molecule has 0 radical (unpaired) electrons. The minimum atomic E-state index is -1.33. The van der Waals surface area contributed by atoms with Crippen LogP contribution in [-0.2, 0) is 14.3 Å². The van der Waals surface area contributed by atoms with E-state index in [1.54, 1.807) is 19.9 Å².